The van der Waals surface area contributed by atoms with E-state index >= 15 is 0 Å². The second-order valence-corrected chi connectivity index (χ2v) is 6.89. The number of rotatable bonds is 0. The SMILES string of the molecule is CC1N2CCc3ccccc3C2C2c3ccccc3CCN21. The first-order valence-electron chi connectivity index (χ1n) is 8.52. The van der Waals surface area contributed by atoms with E-state index in [2.05, 4.69) is 65.3 Å². The topological polar surface area (TPSA) is 6.48 Å². The van der Waals surface area contributed by atoms with E-state index in [1.165, 1.54) is 25.9 Å². The molecule has 2 aromatic carbocycles. The number of hydrogen-bond acceptors (Lipinski definition) is 2. The summed E-state index contributed by atoms with van der Waals surface area (Å²) in [6, 6.07) is 19.2. The lowest BCUT2D eigenvalue weighted by Gasteiger charge is -2.36. The fourth-order valence-corrected chi connectivity index (χ4v) is 4.97. The van der Waals surface area contributed by atoms with E-state index in [4.69, 9.17) is 0 Å². The van der Waals surface area contributed by atoms with Crippen molar-refractivity contribution in [1.29, 1.82) is 0 Å². The minimum atomic E-state index is 0.529. The zero-order chi connectivity index (χ0) is 14.7. The van der Waals surface area contributed by atoms with Crippen molar-refractivity contribution in [3.8, 4) is 0 Å². The van der Waals surface area contributed by atoms with Crippen LogP contribution in [0.1, 0.15) is 41.3 Å². The van der Waals surface area contributed by atoms with Gasteiger partial charge >= 0.3 is 0 Å². The molecule has 1 fully saturated rings. The molecule has 2 unspecified atom stereocenters. The van der Waals surface area contributed by atoms with Gasteiger partial charge in [0, 0.05) is 13.1 Å². The van der Waals surface area contributed by atoms with E-state index < -0.39 is 0 Å². The summed E-state index contributed by atoms with van der Waals surface area (Å²) in [4.78, 5) is 5.46. The number of fused-ring (bicyclic) bond motifs is 7. The molecule has 3 heterocycles. The number of benzene rings is 2. The maximum atomic E-state index is 2.73. The maximum Gasteiger partial charge on any atom is 0.0606 e. The molecule has 0 saturated carbocycles. The summed E-state index contributed by atoms with van der Waals surface area (Å²) in [6.07, 6.45) is 2.94. The average Bonchev–Trinajstić information content (AvgIpc) is 2.88. The Bertz CT molecular complexity index is 662. The van der Waals surface area contributed by atoms with Gasteiger partial charge in [-0.25, -0.2) is 0 Å². The molecule has 0 bridgehead atoms. The lowest BCUT2D eigenvalue weighted by molar-refractivity contribution is 0.124. The van der Waals surface area contributed by atoms with Crippen molar-refractivity contribution in [2.45, 2.75) is 38.0 Å². The monoisotopic (exact) mass is 290 g/mol. The summed E-state index contributed by atoms with van der Waals surface area (Å²) in [5.74, 6) is 0. The molecule has 112 valence electrons. The van der Waals surface area contributed by atoms with E-state index in [1.54, 1.807) is 22.3 Å². The van der Waals surface area contributed by atoms with Crippen molar-refractivity contribution in [3.05, 3.63) is 70.8 Å². The van der Waals surface area contributed by atoms with Crippen LogP contribution in [0.25, 0.3) is 0 Å². The van der Waals surface area contributed by atoms with E-state index in [1.807, 2.05) is 0 Å². The molecule has 0 radical (unpaired) electrons. The first-order valence-corrected chi connectivity index (χ1v) is 8.52. The first-order chi connectivity index (χ1) is 10.8. The largest absolute Gasteiger partial charge is 0.279 e. The predicted molar refractivity (Wildman–Crippen MR) is 88.6 cm³/mol. The summed E-state index contributed by atoms with van der Waals surface area (Å²) >= 11 is 0. The molecule has 0 aromatic heterocycles. The normalized spacial score (nSPS) is 30.3. The van der Waals surface area contributed by atoms with Gasteiger partial charge in [-0.05, 0) is 42.0 Å². The molecular formula is C20H22N2. The Morgan fingerprint density at radius 2 is 1.18 bits per heavy atom. The maximum absolute atomic E-state index is 2.73. The van der Waals surface area contributed by atoms with Gasteiger partial charge in [-0.15, -0.1) is 0 Å². The quantitative estimate of drug-likeness (QED) is 0.732. The fourth-order valence-electron chi connectivity index (χ4n) is 4.97. The first kappa shape index (κ1) is 12.9. The van der Waals surface area contributed by atoms with Crippen LogP contribution in [0.15, 0.2) is 48.5 Å². The van der Waals surface area contributed by atoms with Crippen LogP contribution in [-0.4, -0.2) is 29.1 Å². The van der Waals surface area contributed by atoms with Crippen molar-refractivity contribution >= 4 is 0 Å². The van der Waals surface area contributed by atoms with Gasteiger partial charge < -0.3 is 0 Å². The predicted octanol–water partition coefficient (Wildman–Crippen LogP) is 3.54. The third-order valence-electron chi connectivity index (χ3n) is 6.00. The standard InChI is InChI=1S/C20H22N2/c1-14-21-12-10-15-6-2-4-8-17(15)19(21)20-18-9-5-3-7-16(18)11-13-22(14)20/h2-9,14,19-20H,10-13H2,1H3. The van der Waals surface area contributed by atoms with Gasteiger partial charge in [-0.1, -0.05) is 48.5 Å². The highest BCUT2D eigenvalue weighted by atomic mass is 15.5. The lowest BCUT2D eigenvalue weighted by atomic mass is 9.83. The molecule has 1 saturated heterocycles. The van der Waals surface area contributed by atoms with Gasteiger partial charge in [0.25, 0.3) is 0 Å². The van der Waals surface area contributed by atoms with Crippen LogP contribution in [0.3, 0.4) is 0 Å². The van der Waals surface area contributed by atoms with Gasteiger partial charge in [0.2, 0.25) is 0 Å². The van der Waals surface area contributed by atoms with Gasteiger partial charge in [-0.2, -0.15) is 0 Å². The van der Waals surface area contributed by atoms with Crippen molar-refractivity contribution < 1.29 is 0 Å². The summed E-state index contributed by atoms with van der Waals surface area (Å²) in [5, 5.41) is 0. The molecule has 3 aliphatic rings. The minimum absolute atomic E-state index is 0.529. The highest BCUT2D eigenvalue weighted by molar-refractivity contribution is 5.41. The summed E-state index contributed by atoms with van der Waals surface area (Å²) in [6.45, 7) is 4.78. The Balaban J connectivity index is 1.70. The van der Waals surface area contributed by atoms with Crippen LogP contribution in [0.2, 0.25) is 0 Å². The van der Waals surface area contributed by atoms with E-state index in [-0.39, 0.29) is 0 Å². The van der Waals surface area contributed by atoms with Gasteiger partial charge in [0.15, 0.2) is 0 Å². The van der Waals surface area contributed by atoms with Crippen molar-refractivity contribution in [2.75, 3.05) is 13.1 Å². The fraction of sp³-hybridized carbons (Fsp3) is 0.400. The Labute approximate surface area is 132 Å². The molecule has 0 N–H and O–H groups in total. The molecule has 2 atom stereocenters. The van der Waals surface area contributed by atoms with Crippen LogP contribution in [-0.2, 0) is 12.8 Å². The molecule has 22 heavy (non-hydrogen) atoms. The van der Waals surface area contributed by atoms with Crippen LogP contribution in [0.4, 0.5) is 0 Å². The molecule has 2 nitrogen and oxygen atoms in total. The molecule has 5 rings (SSSR count). The molecule has 0 aliphatic carbocycles. The highest BCUT2D eigenvalue weighted by Crippen LogP contribution is 2.51. The van der Waals surface area contributed by atoms with Crippen LogP contribution < -0.4 is 0 Å². The van der Waals surface area contributed by atoms with Crippen LogP contribution in [0.5, 0.6) is 0 Å². The van der Waals surface area contributed by atoms with Gasteiger partial charge in [0.05, 0.1) is 18.2 Å². The Morgan fingerprint density at radius 1 is 0.727 bits per heavy atom. The minimum Gasteiger partial charge on any atom is -0.279 e. The Morgan fingerprint density at radius 3 is 1.68 bits per heavy atom. The smallest absolute Gasteiger partial charge is 0.0606 e. The number of hydrogen-bond donors (Lipinski definition) is 0. The second-order valence-electron chi connectivity index (χ2n) is 6.89. The van der Waals surface area contributed by atoms with Crippen LogP contribution >= 0.6 is 0 Å². The molecule has 2 heteroatoms. The zero-order valence-electron chi connectivity index (χ0n) is 13.1. The van der Waals surface area contributed by atoms with E-state index in [0.29, 0.717) is 18.2 Å². The highest BCUT2D eigenvalue weighted by Gasteiger charge is 2.49. The Kier molecular flexibility index (Phi) is 2.73. The van der Waals surface area contributed by atoms with Crippen LogP contribution in [0, 0.1) is 0 Å². The molecule has 0 amide bonds. The van der Waals surface area contributed by atoms with E-state index in [9.17, 15) is 0 Å². The van der Waals surface area contributed by atoms with Crippen molar-refractivity contribution in [3.63, 3.8) is 0 Å². The zero-order valence-corrected chi connectivity index (χ0v) is 13.1. The molecular weight excluding hydrogens is 268 g/mol. The number of nitrogens with zero attached hydrogens (tertiary/aromatic N) is 2. The van der Waals surface area contributed by atoms with Gasteiger partial charge in [0.1, 0.15) is 0 Å². The molecule has 0 spiro atoms. The molecule has 3 aliphatic heterocycles. The third kappa shape index (κ3) is 1.62. The summed E-state index contributed by atoms with van der Waals surface area (Å²) < 4.78 is 0. The summed E-state index contributed by atoms with van der Waals surface area (Å²) in [7, 11) is 0. The Hall–Kier alpha value is -1.64. The third-order valence-corrected chi connectivity index (χ3v) is 6.00. The molecule has 2 aromatic rings. The van der Waals surface area contributed by atoms with Crippen molar-refractivity contribution in [1.82, 2.24) is 9.80 Å². The summed E-state index contributed by atoms with van der Waals surface area (Å²) in [5.41, 5.74) is 6.23. The van der Waals surface area contributed by atoms with Crippen molar-refractivity contribution in [2.24, 2.45) is 0 Å². The lowest BCUT2D eigenvalue weighted by Crippen LogP contribution is -2.40. The van der Waals surface area contributed by atoms with Gasteiger partial charge in [-0.3, -0.25) is 9.80 Å². The average molecular weight is 290 g/mol. The second kappa shape index (κ2) is 4.68. The van der Waals surface area contributed by atoms with E-state index in [0.717, 1.165) is 0 Å².